The predicted octanol–water partition coefficient (Wildman–Crippen LogP) is 5.84. The first-order valence-corrected chi connectivity index (χ1v) is 10.2. The first-order chi connectivity index (χ1) is 13.3. The van der Waals surface area contributed by atoms with E-state index in [1.165, 1.54) is 29.4 Å². The first kappa shape index (κ1) is 20.8. The fourth-order valence-electron chi connectivity index (χ4n) is 2.38. The molecule has 0 N–H and O–H groups in total. The van der Waals surface area contributed by atoms with E-state index in [0.717, 1.165) is 16.6 Å². The van der Waals surface area contributed by atoms with Gasteiger partial charge in [-0.3, -0.25) is 9.69 Å². The number of halogens is 4. The lowest BCUT2D eigenvalue weighted by Gasteiger charge is -2.19. The van der Waals surface area contributed by atoms with Crippen LogP contribution < -0.4 is 9.64 Å². The highest BCUT2D eigenvalue weighted by atomic mass is 35.5. The third-order valence-electron chi connectivity index (χ3n) is 3.66. The average Bonchev–Trinajstić information content (AvgIpc) is 3.23. The van der Waals surface area contributed by atoms with Crippen LogP contribution in [-0.2, 0) is 4.79 Å². The van der Waals surface area contributed by atoms with E-state index in [1.54, 1.807) is 18.2 Å². The van der Waals surface area contributed by atoms with Crippen molar-refractivity contribution in [1.82, 2.24) is 0 Å². The van der Waals surface area contributed by atoms with E-state index in [4.69, 9.17) is 16.3 Å². The number of thioether (sulfide) groups is 1. The molecule has 0 aliphatic carbocycles. The summed E-state index contributed by atoms with van der Waals surface area (Å²) in [4.78, 5) is 19.3. The minimum Gasteiger partial charge on any atom is -0.495 e. The molecule has 1 amide bonds. The van der Waals surface area contributed by atoms with E-state index in [-0.39, 0.29) is 21.6 Å². The van der Waals surface area contributed by atoms with Crippen molar-refractivity contribution in [2.24, 2.45) is 4.99 Å². The molecule has 4 nitrogen and oxygen atoms in total. The maximum Gasteiger partial charge on any atom is 0.389 e. The normalized spacial score (nSPS) is 16.0. The Kier molecular flexibility index (Phi) is 6.36. The van der Waals surface area contributed by atoms with Gasteiger partial charge in [-0.05, 0) is 35.7 Å². The van der Waals surface area contributed by atoms with Crippen LogP contribution >= 0.6 is 34.7 Å². The van der Waals surface area contributed by atoms with Crippen molar-refractivity contribution in [1.29, 1.82) is 0 Å². The molecule has 1 aromatic heterocycles. The van der Waals surface area contributed by atoms with Crippen molar-refractivity contribution in [2.45, 2.75) is 12.6 Å². The molecule has 0 saturated carbocycles. The maximum absolute atomic E-state index is 12.9. The van der Waals surface area contributed by atoms with Crippen LogP contribution in [0.5, 0.6) is 5.75 Å². The molecule has 1 aliphatic heterocycles. The second kappa shape index (κ2) is 8.59. The van der Waals surface area contributed by atoms with Crippen LogP contribution in [-0.4, -0.2) is 30.1 Å². The minimum absolute atomic E-state index is 0.156. The number of amides is 1. The van der Waals surface area contributed by atoms with Crippen LogP contribution in [0.3, 0.4) is 0 Å². The molecule has 0 saturated heterocycles. The van der Waals surface area contributed by atoms with Crippen LogP contribution in [0.15, 0.2) is 46.4 Å². The molecule has 0 bridgehead atoms. The topological polar surface area (TPSA) is 41.9 Å². The molecule has 10 heteroatoms. The Morgan fingerprint density at radius 1 is 1.36 bits per heavy atom. The van der Waals surface area contributed by atoms with Gasteiger partial charge in [-0.15, -0.1) is 11.3 Å². The van der Waals surface area contributed by atoms with E-state index >= 15 is 0 Å². The van der Waals surface area contributed by atoms with Crippen LogP contribution in [0.1, 0.15) is 11.3 Å². The summed E-state index contributed by atoms with van der Waals surface area (Å²) >= 11 is 8.45. The number of amidine groups is 1. The molecule has 28 heavy (non-hydrogen) atoms. The largest absolute Gasteiger partial charge is 0.495 e. The van der Waals surface area contributed by atoms with Crippen LogP contribution in [0.4, 0.5) is 18.9 Å². The Bertz CT molecular complexity index is 927. The number of carbonyl (C=O) groups excluding carboxylic acids is 1. The van der Waals surface area contributed by atoms with Crippen molar-refractivity contribution < 1.29 is 22.7 Å². The molecule has 148 valence electrons. The fraction of sp³-hybridized carbons (Fsp3) is 0.222. The van der Waals surface area contributed by atoms with Gasteiger partial charge in [0.25, 0.3) is 5.91 Å². The second-order valence-electron chi connectivity index (χ2n) is 5.61. The van der Waals surface area contributed by atoms with Crippen molar-refractivity contribution in [3.05, 3.63) is 51.3 Å². The zero-order valence-corrected chi connectivity index (χ0v) is 16.9. The van der Waals surface area contributed by atoms with Gasteiger partial charge in [0.15, 0.2) is 5.17 Å². The van der Waals surface area contributed by atoms with Gasteiger partial charge < -0.3 is 4.74 Å². The Hall–Kier alpha value is -1.97. The van der Waals surface area contributed by atoms with E-state index in [0.29, 0.717) is 11.4 Å². The highest BCUT2D eigenvalue weighted by molar-refractivity contribution is 8.14. The molecule has 0 fully saturated rings. The fourth-order valence-corrected chi connectivity index (χ4v) is 4.28. The van der Waals surface area contributed by atoms with Gasteiger partial charge in [0.2, 0.25) is 0 Å². The number of methoxy groups -OCH3 is 1. The van der Waals surface area contributed by atoms with E-state index in [1.807, 2.05) is 17.5 Å². The summed E-state index contributed by atoms with van der Waals surface area (Å²) in [6.45, 7) is 0. The Morgan fingerprint density at radius 3 is 2.75 bits per heavy atom. The molecule has 1 aliphatic rings. The number of ether oxygens (including phenoxy) is 1. The average molecular weight is 447 g/mol. The Labute approximate surface area is 172 Å². The molecular formula is C18H14ClF3N2O2S2. The quantitative estimate of drug-likeness (QED) is 0.542. The highest BCUT2D eigenvalue weighted by Gasteiger charge is 2.34. The lowest BCUT2D eigenvalue weighted by molar-refractivity contribution is -0.129. The number of nitrogens with zero attached hydrogens (tertiary/aromatic N) is 2. The van der Waals surface area contributed by atoms with Crippen LogP contribution in [0.25, 0.3) is 6.08 Å². The molecule has 0 unspecified atom stereocenters. The molecule has 0 atom stereocenters. The number of hydrogen-bond acceptors (Lipinski definition) is 5. The number of anilines is 1. The Balaban J connectivity index is 1.92. The molecule has 2 heterocycles. The zero-order valence-electron chi connectivity index (χ0n) is 14.5. The number of thiophene rings is 1. The first-order valence-electron chi connectivity index (χ1n) is 8.00. The van der Waals surface area contributed by atoms with E-state index < -0.39 is 18.5 Å². The third-order valence-corrected chi connectivity index (χ3v) is 5.72. The van der Waals surface area contributed by atoms with Gasteiger partial charge >= 0.3 is 6.18 Å². The SMILES string of the molecule is COc1ccc(N2C(=O)/C(=C\c3cccs3)N=C2SCCC(F)(F)F)cc1Cl. The number of hydrogen-bond donors (Lipinski definition) is 0. The maximum atomic E-state index is 12.9. The number of aliphatic imine (C=N–C) groups is 1. The van der Waals surface area contributed by atoms with Gasteiger partial charge in [-0.2, -0.15) is 13.2 Å². The van der Waals surface area contributed by atoms with Crippen molar-refractivity contribution >= 4 is 57.5 Å². The monoisotopic (exact) mass is 446 g/mol. The summed E-state index contributed by atoms with van der Waals surface area (Å²) in [5.74, 6) is -0.249. The van der Waals surface area contributed by atoms with Gasteiger partial charge in [-0.25, -0.2) is 4.99 Å². The summed E-state index contributed by atoms with van der Waals surface area (Å²) in [6, 6.07) is 8.37. The predicted molar refractivity (Wildman–Crippen MR) is 108 cm³/mol. The molecule has 2 aromatic rings. The van der Waals surface area contributed by atoms with E-state index in [9.17, 15) is 18.0 Å². The van der Waals surface area contributed by atoms with Gasteiger partial charge in [-0.1, -0.05) is 29.4 Å². The van der Waals surface area contributed by atoms with Gasteiger partial charge in [0.05, 0.1) is 24.2 Å². The molecule has 0 radical (unpaired) electrons. The summed E-state index contributed by atoms with van der Waals surface area (Å²) in [7, 11) is 1.46. The standard InChI is InChI=1S/C18H14ClF3N2O2S2/c1-26-15-5-4-11(9-13(15)19)24-16(25)14(10-12-3-2-7-27-12)23-17(24)28-8-6-18(20,21)22/h2-5,7,9-10H,6,8H2,1H3/b14-10+. The summed E-state index contributed by atoms with van der Waals surface area (Å²) in [5.41, 5.74) is 0.563. The Morgan fingerprint density at radius 2 is 2.14 bits per heavy atom. The second-order valence-corrected chi connectivity index (χ2v) is 8.06. The zero-order chi connectivity index (χ0) is 20.3. The minimum atomic E-state index is -4.28. The van der Waals surface area contributed by atoms with E-state index in [2.05, 4.69) is 4.99 Å². The van der Waals surface area contributed by atoms with Crippen LogP contribution in [0, 0.1) is 0 Å². The van der Waals surface area contributed by atoms with Crippen molar-refractivity contribution in [2.75, 3.05) is 17.8 Å². The van der Waals surface area contributed by atoms with Crippen LogP contribution in [0.2, 0.25) is 5.02 Å². The third kappa shape index (κ3) is 4.89. The number of benzene rings is 1. The smallest absolute Gasteiger partial charge is 0.389 e. The highest BCUT2D eigenvalue weighted by Crippen LogP contribution is 2.35. The molecular weight excluding hydrogens is 433 g/mol. The summed E-state index contributed by atoms with van der Waals surface area (Å²) in [6.07, 6.45) is -3.64. The molecule has 1 aromatic carbocycles. The number of alkyl halides is 3. The molecule has 3 rings (SSSR count). The lowest BCUT2D eigenvalue weighted by atomic mass is 10.2. The summed E-state index contributed by atoms with van der Waals surface area (Å²) in [5, 5.41) is 2.32. The number of carbonyl (C=O) groups is 1. The van der Waals surface area contributed by atoms with Crippen molar-refractivity contribution in [3.8, 4) is 5.75 Å². The van der Waals surface area contributed by atoms with Gasteiger partial charge in [0, 0.05) is 10.6 Å². The number of rotatable bonds is 5. The summed E-state index contributed by atoms with van der Waals surface area (Å²) < 4.78 is 42.7. The van der Waals surface area contributed by atoms with Crippen molar-refractivity contribution in [3.63, 3.8) is 0 Å². The van der Waals surface area contributed by atoms with Gasteiger partial charge in [0.1, 0.15) is 11.4 Å². The lowest BCUT2D eigenvalue weighted by Crippen LogP contribution is -2.30. The molecule has 0 spiro atoms.